The maximum Gasteiger partial charge on any atom is 0.200 e. The first-order valence-corrected chi connectivity index (χ1v) is 12.2. The number of ether oxygens (including phenoxy) is 3. The summed E-state index contributed by atoms with van der Waals surface area (Å²) in [5.41, 5.74) is 2.33. The zero-order valence-electron chi connectivity index (χ0n) is 20.2. The summed E-state index contributed by atoms with van der Waals surface area (Å²) in [5.74, 6) is -1.80. The van der Waals surface area contributed by atoms with Gasteiger partial charge < -0.3 is 14.2 Å². The van der Waals surface area contributed by atoms with E-state index < -0.39 is 11.6 Å². The molecule has 0 N–H and O–H groups in total. The van der Waals surface area contributed by atoms with Crippen LogP contribution in [0.25, 0.3) is 11.1 Å². The zero-order valence-corrected chi connectivity index (χ0v) is 20.2. The Morgan fingerprint density at radius 2 is 1.51 bits per heavy atom. The molecule has 1 fully saturated rings. The largest absolute Gasteiger partial charge is 0.494 e. The predicted octanol–water partition coefficient (Wildman–Crippen LogP) is 7.81. The van der Waals surface area contributed by atoms with E-state index in [0.29, 0.717) is 35.7 Å². The summed E-state index contributed by atoms with van der Waals surface area (Å²) in [7, 11) is 0. The molecule has 0 aliphatic heterocycles. The second kappa shape index (κ2) is 11.6. The smallest absolute Gasteiger partial charge is 0.200 e. The third-order valence-electron chi connectivity index (χ3n) is 6.50. The fraction of sp³-hybridized carbons (Fsp3) is 0.379. The molecule has 186 valence electrons. The van der Waals surface area contributed by atoms with Crippen molar-refractivity contribution in [2.45, 2.75) is 58.2 Å². The van der Waals surface area contributed by atoms with Crippen molar-refractivity contribution in [1.29, 1.82) is 0 Å². The summed E-state index contributed by atoms with van der Waals surface area (Å²) >= 11 is 0. The standard InChI is InChI=1S/C29H31F3O3/c1-3-33-22-11-9-21(10-12-22)25-15-16-27(29(32)28(25)31)35-18-19-5-7-20(8-6-19)24-14-13-23(34-4-2)17-26(24)30/h5-8,13-17,21-22H,3-4,9-12,18H2,1-2H3. The molecule has 0 unspecified atom stereocenters. The first kappa shape index (κ1) is 25.1. The second-order valence-electron chi connectivity index (χ2n) is 8.77. The molecule has 0 aromatic heterocycles. The molecule has 3 aromatic rings. The van der Waals surface area contributed by atoms with Gasteiger partial charge in [0.1, 0.15) is 18.2 Å². The van der Waals surface area contributed by atoms with Gasteiger partial charge in [-0.05, 0) is 80.3 Å². The van der Waals surface area contributed by atoms with Crippen LogP contribution in [-0.2, 0) is 11.3 Å². The van der Waals surface area contributed by atoms with E-state index in [1.54, 1.807) is 42.5 Å². The first-order chi connectivity index (χ1) is 17.0. The molecule has 4 rings (SSSR count). The quantitative estimate of drug-likeness (QED) is 0.310. The first-order valence-electron chi connectivity index (χ1n) is 12.2. The maximum atomic E-state index is 14.8. The average molecular weight is 485 g/mol. The summed E-state index contributed by atoms with van der Waals surface area (Å²) < 4.78 is 60.6. The predicted molar refractivity (Wildman–Crippen MR) is 130 cm³/mol. The lowest BCUT2D eigenvalue weighted by atomic mass is 9.82. The Morgan fingerprint density at radius 1 is 0.771 bits per heavy atom. The number of benzene rings is 3. The van der Waals surface area contributed by atoms with Crippen LogP contribution < -0.4 is 9.47 Å². The van der Waals surface area contributed by atoms with Crippen LogP contribution >= 0.6 is 0 Å². The van der Waals surface area contributed by atoms with Crippen LogP contribution in [-0.4, -0.2) is 19.3 Å². The topological polar surface area (TPSA) is 27.7 Å². The van der Waals surface area contributed by atoms with Crippen molar-refractivity contribution in [3.8, 4) is 22.6 Å². The molecule has 35 heavy (non-hydrogen) atoms. The van der Waals surface area contributed by atoms with Gasteiger partial charge in [-0.1, -0.05) is 30.3 Å². The van der Waals surface area contributed by atoms with E-state index in [1.165, 1.54) is 12.1 Å². The van der Waals surface area contributed by atoms with Gasteiger partial charge in [0.05, 0.1) is 12.7 Å². The molecule has 3 aromatic carbocycles. The fourth-order valence-corrected chi connectivity index (χ4v) is 4.68. The molecule has 0 saturated heterocycles. The number of hydrogen-bond donors (Lipinski definition) is 0. The molecule has 0 bridgehead atoms. The Labute approximate surface area is 204 Å². The minimum Gasteiger partial charge on any atom is -0.494 e. The minimum absolute atomic E-state index is 0.00852. The van der Waals surface area contributed by atoms with Crippen LogP contribution in [0.4, 0.5) is 13.2 Å². The number of hydrogen-bond acceptors (Lipinski definition) is 3. The highest BCUT2D eigenvalue weighted by Crippen LogP contribution is 2.37. The molecule has 3 nitrogen and oxygen atoms in total. The summed E-state index contributed by atoms with van der Waals surface area (Å²) in [6.45, 7) is 5.02. The monoisotopic (exact) mass is 484 g/mol. The maximum absolute atomic E-state index is 14.8. The van der Waals surface area contributed by atoms with Crippen molar-refractivity contribution in [2.24, 2.45) is 0 Å². The lowest BCUT2D eigenvalue weighted by Gasteiger charge is -2.29. The van der Waals surface area contributed by atoms with E-state index in [4.69, 9.17) is 14.2 Å². The van der Waals surface area contributed by atoms with E-state index in [0.717, 1.165) is 31.2 Å². The Hall–Kier alpha value is -2.99. The van der Waals surface area contributed by atoms with Gasteiger partial charge in [-0.2, -0.15) is 4.39 Å². The number of rotatable bonds is 9. The molecular formula is C29H31F3O3. The lowest BCUT2D eigenvalue weighted by Crippen LogP contribution is -2.21. The summed E-state index contributed by atoms with van der Waals surface area (Å²) in [6.07, 6.45) is 3.48. The van der Waals surface area contributed by atoms with Crippen LogP contribution in [0, 0.1) is 17.5 Å². The summed E-state index contributed by atoms with van der Waals surface area (Å²) in [5, 5.41) is 0. The van der Waals surface area contributed by atoms with Crippen molar-refractivity contribution in [3.05, 3.63) is 83.2 Å². The molecule has 1 saturated carbocycles. The van der Waals surface area contributed by atoms with E-state index >= 15 is 0 Å². The number of halogens is 3. The summed E-state index contributed by atoms with van der Waals surface area (Å²) in [6, 6.07) is 15.0. The van der Waals surface area contributed by atoms with Gasteiger partial charge in [-0.15, -0.1) is 0 Å². The van der Waals surface area contributed by atoms with Crippen LogP contribution in [0.3, 0.4) is 0 Å². The van der Waals surface area contributed by atoms with Crippen molar-refractivity contribution >= 4 is 0 Å². The van der Waals surface area contributed by atoms with E-state index in [1.807, 2.05) is 13.8 Å². The Balaban J connectivity index is 1.39. The van der Waals surface area contributed by atoms with Gasteiger partial charge >= 0.3 is 0 Å². The Morgan fingerprint density at radius 3 is 2.17 bits per heavy atom. The van der Waals surface area contributed by atoms with Gasteiger partial charge in [0.2, 0.25) is 5.82 Å². The van der Waals surface area contributed by atoms with Gasteiger partial charge in [0.15, 0.2) is 11.6 Å². The molecule has 0 spiro atoms. The SMILES string of the molecule is CCOc1ccc(-c2ccc(COc3ccc(C4CCC(OCC)CC4)c(F)c3F)cc2)c(F)c1. The van der Waals surface area contributed by atoms with Crippen molar-refractivity contribution in [1.82, 2.24) is 0 Å². The average Bonchev–Trinajstić information content (AvgIpc) is 2.87. The third kappa shape index (κ3) is 5.99. The van der Waals surface area contributed by atoms with Crippen molar-refractivity contribution in [2.75, 3.05) is 13.2 Å². The van der Waals surface area contributed by atoms with Crippen LogP contribution in [0.2, 0.25) is 0 Å². The van der Waals surface area contributed by atoms with Crippen molar-refractivity contribution < 1.29 is 27.4 Å². The highest BCUT2D eigenvalue weighted by atomic mass is 19.2. The molecule has 0 amide bonds. The van der Waals surface area contributed by atoms with E-state index in [9.17, 15) is 13.2 Å². The molecule has 1 aliphatic rings. The van der Waals surface area contributed by atoms with Gasteiger partial charge in [-0.25, -0.2) is 8.78 Å². The highest BCUT2D eigenvalue weighted by Gasteiger charge is 2.27. The van der Waals surface area contributed by atoms with Gasteiger partial charge in [0.25, 0.3) is 0 Å². The summed E-state index contributed by atoms with van der Waals surface area (Å²) in [4.78, 5) is 0. The highest BCUT2D eigenvalue weighted by molar-refractivity contribution is 5.65. The minimum atomic E-state index is -0.956. The Kier molecular flexibility index (Phi) is 8.34. The van der Waals surface area contributed by atoms with Crippen molar-refractivity contribution in [3.63, 3.8) is 0 Å². The van der Waals surface area contributed by atoms with Gasteiger partial charge in [0, 0.05) is 18.2 Å². The zero-order chi connectivity index (χ0) is 24.8. The van der Waals surface area contributed by atoms with E-state index in [2.05, 4.69) is 0 Å². The van der Waals surface area contributed by atoms with Crippen LogP contribution in [0.15, 0.2) is 54.6 Å². The molecular weight excluding hydrogens is 453 g/mol. The van der Waals surface area contributed by atoms with E-state index in [-0.39, 0.29) is 30.2 Å². The molecule has 0 heterocycles. The van der Waals surface area contributed by atoms with Gasteiger partial charge in [-0.3, -0.25) is 0 Å². The van der Waals surface area contributed by atoms with Crippen LogP contribution in [0.5, 0.6) is 11.5 Å². The third-order valence-corrected chi connectivity index (χ3v) is 6.50. The second-order valence-corrected chi connectivity index (χ2v) is 8.77. The Bertz CT molecular complexity index is 1120. The molecule has 1 aliphatic carbocycles. The molecule has 0 atom stereocenters. The lowest BCUT2D eigenvalue weighted by molar-refractivity contribution is 0.0325. The normalized spacial score (nSPS) is 17.9. The molecule has 6 heteroatoms. The fourth-order valence-electron chi connectivity index (χ4n) is 4.68. The van der Waals surface area contributed by atoms with Crippen LogP contribution in [0.1, 0.15) is 56.6 Å². The molecule has 0 radical (unpaired) electrons.